The van der Waals surface area contributed by atoms with Crippen LogP contribution in [0.2, 0.25) is 0 Å². The lowest BCUT2D eigenvalue weighted by Gasteiger charge is -2.17. The molecule has 0 aliphatic carbocycles. The van der Waals surface area contributed by atoms with Crippen LogP contribution in [0.4, 0.5) is 0 Å². The van der Waals surface area contributed by atoms with E-state index in [2.05, 4.69) is 64.8 Å². The Kier molecular flexibility index (Phi) is 8.63. The first-order valence-electron chi connectivity index (χ1n) is 9.14. The van der Waals surface area contributed by atoms with Crippen LogP contribution in [-0.2, 0) is 11.3 Å². The van der Waals surface area contributed by atoms with Gasteiger partial charge in [0.15, 0.2) is 5.96 Å². The number of ether oxygens (including phenoxy) is 1. The van der Waals surface area contributed by atoms with Crippen LogP contribution in [-0.4, -0.2) is 56.8 Å². The van der Waals surface area contributed by atoms with Crippen molar-refractivity contribution in [3.05, 3.63) is 35.9 Å². The average molecular weight is 332 g/mol. The molecule has 1 aliphatic rings. The van der Waals surface area contributed by atoms with E-state index >= 15 is 0 Å². The van der Waals surface area contributed by atoms with Crippen LogP contribution in [0.5, 0.6) is 0 Å². The lowest BCUT2D eigenvalue weighted by Crippen LogP contribution is -2.39. The fourth-order valence-electron chi connectivity index (χ4n) is 2.85. The van der Waals surface area contributed by atoms with Crippen LogP contribution >= 0.6 is 0 Å². The maximum atomic E-state index is 5.63. The number of benzene rings is 1. The number of guanidine groups is 1. The molecule has 1 heterocycles. The van der Waals surface area contributed by atoms with Crippen molar-refractivity contribution in [3.63, 3.8) is 0 Å². The molecule has 0 saturated carbocycles. The van der Waals surface area contributed by atoms with Gasteiger partial charge in [-0.15, -0.1) is 0 Å². The third-order valence-electron chi connectivity index (χ3n) is 4.13. The number of aliphatic imine (C=N–C) groups is 1. The number of nitrogens with one attached hydrogen (secondary N) is 2. The number of hydrogen-bond acceptors (Lipinski definition) is 3. The molecular formula is C19H32N4O. The normalized spacial score (nSPS) is 18.1. The second-order valence-electron chi connectivity index (χ2n) is 6.36. The van der Waals surface area contributed by atoms with E-state index in [1.807, 2.05) is 0 Å². The van der Waals surface area contributed by atoms with E-state index in [1.165, 1.54) is 5.56 Å². The zero-order valence-corrected chi connectivity index (χ0v) is 15.1. The lowest BCUT2D eigenvalue weighted by molar-refractivity contribution is 0.117. The average Bonchev–Trinajstić information content (AvgIpc) is 3.11. The summed E-state index contributed by atoms with van der Waals surface area (Å²) < 4.78 is 5.63. The maximum Gasteiger partial charge on any atom is 0.191 e. The van der Waals surface area contributed by atoms with Gasteiger partial charge in [-0.05, 0) is 45.3 Å². The van der Waals surface area contributed by atoms with Gasteiger partial charge in [-0.1, -0.05) is 30.3 Å². The molecular weight excluding hydrogens is 300 g/mol. The van der Waals surface area contributed by atoms with Gasteiger partial charge in [-0.3, -0.25) is 4.99 Å². The Morgan fingerprint density at radius 2 is 2.12 bits per heavy atom. The summed E-state index contributed by atoms with van der Waals surface area (Å²) in [6.45, 7) is 7.60. The van der Waals surface area contributed by atoms with Gasteiger partial charge < -0.3 is 20.3 Å². The van der Waals surface area contributed by atoms with E-state index in [0.29, 0.717) is 6.10 Å². The molecule has 5 nitrogen and oxygen atoms in total. The van der Waals surface area contributed by atoms with Crippen molar-refractivity contribution in [2.75, 3.05) is 39.8 Å². The van der Waals surface area contributed by atoms with Crippen molar-refractivity contribution in [2.45, 2.75) is 38.8 Å². The molecule has 2 rings (SSSR count). The van der Waals surface area contributed by atoms with E-state index < -0.39 is 0 Å². The van der Waals surface area contributed by atoms with Gasteiger partial charge in [0.1, 0.15) is 0 Å². The van der Waals surface area contributed by atoms with E-state index in [1.54, 1.807) is 0 Å². The van der Waals surface area contributed by atoms with Crippen LogP contribution in [0, 0.1) is 0 Å². The molecule has 1 aliphatic heterocycles. The Hall–Kier alpha value is -1.59. The molecule has 24 heavy (non-hydrogen) atoms. The minimum absolute atomic E-state index is 0.303. The minimum atomic E-state index is 0.303. The fraction of sp³-hybridized carbons (Fsp3) is 0.632. The molecule has 5 heteroatoms. The second-order valence-corrected chi connectivity index (χ2v) is 6.36. The van der Waals surface area contributed by atoms with Crippen molar-refractivity contribution in [2.24, 2.45) is 4.99 Å². The highest BCUT2D eigenvalue weighted by atomic mass is 16.5. The number of rotatable bonds is 9. The molecule has 1 saturated heterocycles. The molecule has 1 aromatic rings. The van der Waals surface area contributed by atoms with Gasteiger partial charge >= 0.3 is 0 Å². The van der Waals surface area contributed by atoms with Crippen molar-refractivity contribution in [3.8, 4) is 0 Å². The van der Waals surface area contributed by atoms with Crippen molar-refractivity contribution >= 4 is 5.96 Å². The Bertz CT molecular complexity index is 472. The van der Waals surface area contributed by atoms with Gasteiger partial charge in [0.25, 0.3) is 0 Å². The second kappa shape index (κ2) is 11.0. The third-order valence-corrected chi connectivity index (χ3v) is 4.13. The number of nitrogens with zero attached hydrogens (tertiary/aromatic N) is 2. The Morgan fingerprint density at radius 1 is 1.29 bits per heavy atom. The molecule has 1 fully saturated rings. The summed E-state index contributed by atoms with van der Waals surface area (Å²) in [6, 6.07) is 10.6. The monoisotopic (exact) mass is 332 g/mol. The Morgan fingerprint density at radius 3 is 2.83 bits per heavy atom. The van der Waals surface area contributed by atoms with Gasteiger partial charge in [-0.25, -0.2) is 0 Å². The molecule has 1 unspecified atom stereocenters. The first-order chi connectivity index (χ1) is 11.8. The fourth-order valence-corrected chi connectivity index (χ4v) is 2.85. The largest absolute Gasteiger partial charge is 0.376 e. The first kappa shape index (κ1) is 18.7. The Labute approximate surface area is 146 Å². The minimum Gasteiger partial charge on any atom is -0.376 e. The van der Waals surface area contributed by atoms with Crippen LogP contribution < -0.4 is 10.6 Å². The summed E-state index contributed by atoms with van der Waals surface area (Å²) in [5, 5.41) is 6.72. The predicted octanol–water partition coefficient (Wildman–Crippen LogP) is 2.24. The Balaban J connectivity index is 1.63. The van der Waals surface area contributed by atoms with Gasteiger partial charge in [-0.2, -0.15) is 0 Å². The molecule has 0 aromatic heterocycles. The molecule has 1 atom stereocenters. The summed E-state index contributed by atoms with van der Waals surface area (Å²) in [5.74, 6) is 0.902. The molecule has 0 spiro atoms. The molecule has 2 N–H and O–H groups in total. The van der Waals surface area contributed by atoms with Crippen molar-refractivity contribution < 1.29 is 4.74 Å². The van der Waals surface area contributed by atoms with E-state index in [9.17, 15) is 0 Å². The van der Waals surface area contributed by atoms with Crippen LogP contribution in [0.25, 0.3) is 0 Å². The SMILES string of the molecule is CCNC(=NCC1CCCO1)NCCCN(C)Cc1ccccc1. The lowest BCUT2D eigenvalue weighted by atomic mass is 10.2. The maximum absolute atomic E-state index is 5.63. The van der Waals surface area contributed by atoms with E-state index in [4.69, 9.17) is 4.74 Å². The first-order valence-corrected chi connectivity index (χ1v) is 9.14. The highest BCUT2D eigenvalue weighted by Gasteiger charge is 2.14. The molecule has 0 amide bonds. The van der Waals surface area contributed by atoms with Gasteiger partial charge in [0.2, 0.25) is 0 Å². The molecule has 0 bridgehead atoms. The van der Waals surface area contributed by atoms with Crippen molar-refractivity contribution in [1.82, 2.24) is 15.5 Å². The van der Waals surface area contributed by atoms with Crippen LogP contribution in [0.1, 0.15) is 31.7 Å². The molecule has 1 aromatic carbocycles. The highest BCUT2D eigenvalue weighted by Crippen LogP contribution is 2.11. The predicted molar refractivity (Wildman–Crippen MR) is 100 cm³/mol. The smallest absolute Gasteiger partial charge is 0.191 e. The number of hydrogen-bond donors (Lipinski definition) is 2. The third kappa shape index (κ3) is 7.32. The summed E-state index contributed by atoms with van der Waals surface area (Å²) >= 11 is 0. The zero-order chi connectivity index (χ0) is 17.0. The summed E-state index contributed by atoms with van der Waals surface area (Å²) in [7, 11) is 2.17. The molecule has 134 valence electrons. The van der Waals surface area contributed by atoms with Crippen LogP contribution in [0.15, 0.2) is 35.3 Å². The van der Waals surface area contributed by atoms with Crippen molar-refractivity contribution in [1.29, 1.82) is 0 Å². The molecule has 0 radical (unpaired) electrons. The summed E-state index contributed by atoms with van der Waals surface area (Å²) in [6.07, 6.45) is 3.69. The summed E-state index contributed by atoms with van der Waals surface area (Å²) in [5.41, 5.74) is 1.36. The standard InChI is InChI=1S/C19H32N4O/c1-3-20-19(22-15-18-11-7-14-24-18)21-12-8-13-23(2)16-17-9-5-4-6-10-17/h4-6,9-10,18H,3,7-8,11-16H2,1-2H3,(H2,20,21,22). The zero-order valence-electron chi connectivity index (χ0n) is 15.1. The van der Waals surface area contributed by atoms with E-state index in [-0.39, 0.29) is 0 Å². The highest BCUT2D eigenvalue weighted by molar-refractivity contribution is 5.79. The quantitative estimate of drug-likeness (QED) is 0.414. The van der Waals surface area contributed by atoms with Crippen LogP contribution in [0.3, 0.4) is 0 Å². The topological polar surface area (TPSA) is 48.9 Å². The van der Waals surface area contributed by atoms with Gasteiger partial charge in [0.05, 0.1) is 12.6 Å². The van der Waals surface area contributed by atoms with Gasteiger partial charge in [0, 0.05) is 26.2 Å². The summed E-state index contributed by atoms with van der Waals surface area (Å²) in [4.78, 5) is 6.99. The van der Waals surface area contributed by atoms with E-state index in [0.717, 1.165) is 64.6 Å².